The molecule has 0 saturated heterocycles. The number of nitrogens with one attached hydrogen (secondary N) is 1. The van der Waals surface area contributed by atoms with Crippen molar-refractivity contribution in [2.24, 2.45) is 0 Å². The van der Waals surface area contributed by atoms with Gasteiger partial charge in [0.15, 0.2) is 0 Å². The summed E-state index contributed by atoms with van der Waals surface area (Å²) in [5.74, 6) is 0. The average Bonchev–Trinajstić information content (AvgIpc) is 2.38. The molecular formula is C14H23N3S. The van der Waals surface area contributed by atoms with Crippen molar-refractivity contribution in [2.75, 3.05) is 6.54 Å². The Morgan fingerprint density at radius 2 is 2.11 bits per heavy atom. The molecule has 1 saturated carbocycles. The van der Waals surface area contributed by atoms with Gasteiger partial charge in [-0.15, -0.1) is 11.8 Å². The van der Waals surface area contributed by atoms with Crippen molar-refractivity contribution in [1.29, 1.82) is 0 Å². The van der Waals surface area contributed by atoms with Gasteiger partial charge in [-0.3, -0.25) is 0 Å². The first-order valence-corrected chi connectivity index (χ1v) is 7.94. The predicted octanol–water partition coefficient (Wildman–Crippen LogP) is 3.27. The van der Waals surface area contributed by atoms with Crippen LogP contribution >= 0.6 is 11.8 Å². The van der Waals surface area contributed by atoms with Crippen LogP contribution in [-0.4, -0.2) is 27.8 Å². The van der Waals surface area contributed by atoms with Crippen LogP contribution in [0.25, 0.3) is 0 Å². The first kappa shape index (κ1) is 13.8. The van der Waals surface area contributed by atoms with Crippen LogP contribution in [0, 0.1) is 0 Å². The van der Waals surface area contributed by atoms with Crippen LogP contribution in [0.1, 0.15) is 45.4 Å². The van der Waals surface area contributed by atoms with Gasteiger partial charge in [-0.05, 0) is 25.5 Å². The largest absolute Gasteiger partial charge is 0.313 e. The Balaban J connectivity index is 1.99. The van der Waals surface area contributed by atoms with E-state index in [9.17, 15) is 0 Å². The van der Waals surface area contributed by atoms with E-state index in [4.69, 9.17) is 0 Å². The van der Waals surface area contributed by atoms with Crippen molar-refractivity contribution < 1.29 is 0 Å². The van der Waals surface area contributed by atoms with Gasteiger partial charge in [-0.1, -0.05) is 32.6 Å². The molecule has 0 amide bonds. The number of nitrogens with zero attached hydrogens (tertiary/aromatic N) is 2. The molecule has 1 aromatic rings. The molecule has 0 aliphatic heterocycles. The topological polar surface area (TPSA) is 37.8 Å². The molecule has 0 bridgehead atoms. The van der Waals surface area contributed by atoms with Gasteiger partial charge in [0, 0.05) is 17.5 Å². The van der Waals surface area contributed by atoms with E-state index in [1.807, 2.05) is 24.0 Å². The van der Waals surface area contributed by atoms with Gasteiger partial charge in [0.25, 0.3) is 0 Å². The van der Waals surface area contributed by atoms with Crippen molar-refractivity contribution in [1.82, 2.24) is 15.3 Å². The molecule has 3 nitrogen and oxygen atoms in total. The maximum Gasteiger partial charge on any atom is 0.116 e. The minimum atomic E-state index is 0.635. The molecule has 0 aromatic carbocycles. The molecule has 4 heteroatoms. The van der Waals surface area contributed by atoms with E-state index in [1.165, 1.54) is 38.5 Å². The van der Waals surface area contributed by atoms with E-state index in [0.717, 1.165) is 11.6 Å². The lowest BCUT2D eigenvalue weighted by Gasteiger charge is -2.29. The molecule has 100 valence electrons. The van der Waals surface area contributed by atoms with Gasteiger partial charge in [0.2, 0.25) is 0 Å². The van der Waals surface area contributed by atoms with E-state index in [1.54, 1.807) is 6.33 Å². The quantitative estimate of drug-likeness (QED) is 0.848. The molecule has 2 rings (SSSR count). The lowest BCUT2D eigenvalue weighted by atomic mass is 9.96. The highest BCUT2D eigenvalue weighted by Gasteiger charge is 2.23. The molecule has 18 heavy (non-hydrogen) atoms. The van der Waals surface area contributed by atoms with Crippen molar-refractivity contribution in [3.05, 3.63) is 18.6 Å². The van der Waals surface area contributed by atoms with Crippen molar-refractivity contribution in [3.8, 4) is 0 Å². The Labute approximate surface area is 114 Å². The van der Waals surface area contributed by atoms with Crippen LogP contribution in [-0.2, 0) is 0 Å². The Morgan fingerprint density at radius 3 is 2.83 bits per heavy atom. The fourth-order valence-electron chi connectivity index (χ4n) is 2.59. The van der Waals surface area contributed by atoms with Crippen LogP contribution in [0.15, 0.2) is 23.6 Å². The van der Waals surface area contributed by atoms with Crippen LogP contribution in [0.5, 0.6) is 0 Å². The molecule has 0 spiro atoms. The van der Waals surface area contributed by atoms with Gasteiger partial charge in [0.05, 0.1) is 5.03 Å². The molecule has 1 fully saturated rings. The molecular weight excluding hydrogens is 242 g/mol. The number of rotatable bonds is 4. The van der Waals surface area contributed by atoms with E-state index in [-0.39, 0.29) is 0 Å². The lowest BCUT2D eigenvalue weighted by Crippen LogP contribution is -2.38. The second kappa shape index (κ2) is 7.74. The smallest absolute Gasteiger partial charge is 0.116 e. The monoisotopic (exact) mass is 265 g/mol. The van der Waals surface area contributed by atoms with E-state index >= 15 is 0 Å². The van der Waals surface area contributed by atoms with Crippen molar-refractivity contribution in [3.63, 3.8) is 0 Å². The third-order valence-electron chi connectivity index (χ3n) is 3.50. The Hall–Kier alpha value is -0.610. The normalized spacial score (nSPS) is 25.4. The third kappa shape index (κ3) is 4.25. The van der Waals surface area contributed by atoms with E-state index in [0.29, 0.717) is 11.3 Å². The van der Waals surface area contributed by atoms with Crippen molar-refractivity contribution in [2.45, 2.75) is 61.8 Å². The number of hydrogen-bond donors (Lipinski definition) is 1. The summed E-state index contributed by atoms with van der Waals surface area (Å²) in [6.07, 6.45) is 11.6. The van der Waals surface area contributed by atoms with E-state index in [2.05, 4.69) is 22.2 Å². The summed E-state index contributed by atoms with van der Waals surface area (Å²) in [7, 11) is 0. The first-order valence-electron chi connectivity index (χ1n) is 7.06. The first-order chi connectivity index (χ1) is 8.90. The molecule has 2 unspecified atom stereocenters. The SMILES string of the molecule is CCNC1CCCCCCC1Sc1ccncn1. The number of thioether (sulfide) groups is 1. The molecule has 2 atom stereocenters. The number of hydrogen-bond acceptors (Lipinski definition) is 4. The summed E-state index contributed by atoms with van der Waals surface area (Å²) in [5.41, 5.74) is 0. The second-order valence-corrected chi connectivity index (χ2v) is 6.12. The van der Waals surface area contributed by atoms with Crippen molar-refractivity contribution >= 4 is 11.8 Å². The molecule has 0 radical (unpaired) electrons. The van der Waals surface area contributed by atoms with Crippen LogP contribution in [0.2, 0.25) is 0 Å². The number of aromatic nitrogens is 2. The summed E-state index contributed by atoms with van der Waals surface area (Å²) in [6.45, 7) is 3.26. The molecule has 1 aromatic heterocycles. The highest BCUT2D eigenvalue weighted by Crippen LogP contribution is 2.31. The zero-order valence-corrected chi connectivity index (χ0v) is 12.0. The third-order valence-corrected chi connectivity index (χ3v) is 4.85. The predicted molar refractivity (Wildman–Crippen MR) is 76.8 cm³/mol. The van der Waals surface area contributed by atoms with Gasteiger partial charge in [-0.2, -0.15) is 0 Å². The zero-order chi connectivity index (χ0) is 12.6. The molecule has 1 heterocycles. The summed E-state index contributed by atoms with van der Waals surface area (Å²) in [5, 5.41) is 5.42. The van der Waals surface area contributed by atoms with Gasteiger partial charge < -0.3 is 5.32 Å². The van der Waals surface area contributed by atoms with Crippen LogP contribution in [0.3, 0.4) is 0 Å². The fourth-order valence-corrected chi connectivity index (χ4v) is 3.83. The summed E-state index contributed by atoms with van der Waals surface area (Å²) in [4.78, 5) is 8.33. The minimum absolute atomic E-state index is 0.635. The Bertz CT molecular complexity index is 331. The Morgan fingerprint density at radius 1 is 1.28 bits per heavy atom. The van der Waals surface area contributed by atoms with E-state index < -0.39 is 0 Å². The minimum Gasteiger partial charge on any atom is -0.313 e. The standard InChI is InChI=1S/C14H23N3S/c1-2-16-12-7-5-3-4-6-8-13(12)18-14-9-10-15-11-17-14/h9-13,16H,2-8H2,1H3. The van der Waals surface area contributed by atoms with Crippen LogP contribution in [0.4, 0.5) is 0 Å². The fraction of sp³-hybridized carbons (Fsp3) is 0.714. The maximum atomic E-state index is 4.35. The average molecular weight is 265 g/mol. The molecule has 1 aliphatic carbocycles. The molecule has 1 N–H and O–H groups in total. The van der Waals surface area contributed by atoms with Gasteiger partial charge in [-0.25, -0.2) is 9.97 Å². The second-order valence-electron chi connectivity index (χ2n) is 4.86. The lowest BCUT2D eigenvalue weighted by molar-refractivity contribution is 0.406. The zero-order valence-electron chi connectivity index (χ0n) is 11.1. The van der Waals surface area contributed by atoms with Crippen LogP contribution < -0.4 is 5.32 Å². The highest BCUT2D eigenvalue weighted by atomic mass is 32.2. The summed E-state index contributed by atoms with van der Waals surface area (Å²) >= 11 is 1.92. The van der Waals surface area contributed by atoms with Gasteiger partial charge in [0.1, 0.15) is 6.33 Å². The summed E-state index contributed by atoms with van der Waals surface area (Å²) in [6, 6.07) is 2.65. The maximum absolute atomic E-state index is 4.35. The Kier molecular flexibility index (Phi) is 5.94. The highest BCUT2D eigenvalue weighted by molar-refractivity contribution is 7.99. The summed E-state index contributed by atoms with van der Waals surface area (Å²) < 4.78 is 0. The molecule has 1 aliphatic rings. The van der Waals surface area contributed by atoms with Gasteiger partial charge >= 0.3 is 0 Å².